The topological polar surface area (TPSA) is 38.5 Å². The maximum absolute atomic E-state index is 5.78. The van der Waals surface area contributed by atoms with Gasteiger partial charge in [-0.05, 0) is 43.7 Å². The second-order valence-electron chi connectivity index (χ2n) is 5.47. The Bertz CT molecular complexity index is 523. The third kappa shape index (κ3) is 5.12. The van der Waals surface area contributed by atoms with E-state index in [1.165, 1.54) is 5.56 Å². The number of para-hydroxylation sites is 1. The summed E-state index contributed by atoms with van der Waals surface area (Å²) in [6, 6.07) is 18.5. The van der Waals surface area contributed by atoms with Gasteiger partial charge < -0.3 is 10.5 Å². The van der Waals surface area contributed by atoms with Gasteiger partial charge in [0, 0.05) is 24.8 Å². The van der Waals surface area contributed by atoms with Crippen LogP contribution in [0.3, 0.4) is 0 Å². The number of nitrogens with two attached hydrogens (primary N) is 1. The van der Waals surface area contributed by atoms with Gasteiger partial charge in [0.15, 0.2) is 0 Å². The van der Waals surface area contributed by atoms with E-state index < -0.39 is 0 Å². The molecule has 0 aliphatic heterocycles. The van der Waals surface area contributed by atoms with Crippen LogP contribution in [-0.2, 0) is 6.54 Å². The highest BCUT2D eigenvalue weighted by molar-refractivity contribution is 5.39. The number of ether oxygens (including phenoxy) is 1. The number of hydrogen-bond donors (Lipinski definition) is 1. The van der Waals surface area contributed by atoms with Gasteiger partial charge in [-0.1, -0.05) is 30.3 Å². The lowest BCUT2D eigenvalue weighted by Crippen LogP contribution is -2.34. The van der Waals surface area contributed by atoms with Gasteiger partial charge in [0.05, 0.1) is 0 Å². The molecular formula is C18H24N2O. The SMILES string of the molecule is CC(C)N(CCOc1ccccc1)Cc1ccc(N)cc1. The fourth-order valence-corrected chi connectivity index (χ4v) is 2.17. The van der Waals surface area contributed by atoms with Crippen LogP contribution in [0.5, 0.6) is 5.75 Å². The second-order valence-corrected chi connectivity index (χ2v) is 5.47. The summed E-state index contributed by atoms with van der Waals surface area (Å²) in [6.45, 7) is 6.92. The van der Waals surface area contributed by atoms with Gasteiger partial charge in [-0.15, -0.1) is 0 Å². The van der Waals surface area contributed by atoms with Gasteiger partial charge in [-0.2, -0.15) is 0 Å². The van der Waals surface area contributed by atoms with Crippen LogP contribution in [0.2, 0.25) is 0 Å². The van der Waals surface area contributed by atoms with E-state index in [9.17, 15) is 0 Å². The summed E-state index contributed by atoms with van der Waals surface area (Å²) in [5, 5.41) is 0. The molecule has 0 spiro atoms. The summed E-state index contributed by atoms with van der Waals surface area (Å²) in [4.78, 5) is 2.40. The maximum Gasteiger partial charge on any atom is 0.119 e. The molecule has 2 aromatic carbocycles. The van der Waals surface area contributed by atoms with Crippen LogP contribution >= 0.6 is 0 Å². The van der Waals surface area contributed by atoms with Crippen molar-refractivity contribution in [3.63, 3.8) is 0 Å². The van der Waals surface area contributed by atoms with Crippen LogP contribution in [0.4, 0.5) is 5.69 Å². The Morgan fingerprint density at radius 1 is 1.00 bits per heavy atom. The van der Waals surface area contributed by atoms with Crippen LogP contribution in [0.15, 0.2) is 54.6 Å². The Hall–Kier alpha value is -2.00. The standard InChI is InChI=1S/C18H24N2O/c1-15(2)20(14-16-8-10-17(19)11-9-16)12-13-21-18-6-4-3-5-7-18/h3-11,15H,12-14,19H2,1-2H3. The van der Waals surface area contributed by atoms with Gasteiger partial charge in [-0.25, -0.2) is 0 Å². The Balaban J connectivity index is 1.86. The summed E-state index contributed by atoms with van der Waals surface area (Å²) in [7, 11) is 0. The first kappa shape index (κ1) is 15.4. The molecule has 2 rings (SSSR count). The molecule has 0 bridgehead atoms. The molecule has 2 aromatic rings. The van der Waals surface area contributed by atoms with E-state index in [0.717, 1.165) is 24.5 Å². The molecule has 0 atom stereocenters. The number of hydrogen-bond acceptors (Lipinski definition) is 3. The highest BCUT2D eigenvalue weighted by Gasteiger charge is 2.10. The molecule has 0 heterocycles. The first-order valence-electron chi connectivity index (χ1n) is 7.41. The molecule has 0 radical (unpaired) electrons. The zero-order valence-electron chi connectivity index (χ0n) is 12.8. The molecule has 0 saturated carbocycles. The predicted molar refractivity (Wildman–Crippen MR) is 88.3 cm³/mol. The molecule has 0 aliphatic carbocycles. The van der Waals surface area contributed by atoms with E-state index in [4.69, 9.17) is 10.5 Å². The van der Waals surface area contributed by atoms with Gasteiger partial charge in [0.25, 0.3) is 0 Å². The minimum Gasteiger partial charge on any atom is -0.492 e. The van der Waals surface area contributed by atoms with Crippen molar-refractivity contribution in [1.82, 2.24) is 4.90 Å². The smallest absolute Gasteiger partial charge is 0.119 e. The second kappa shape index (κ2) is 7.70. The number of nitrogen functional groups attached to an aromatic ring is 1. The molecular weight excluding hydrogens is 260 g/mol. The van der Waals surface area contributed by atoms with Crippen molar-refractivity contribution >= 4 is 5.69 Å². The highest BCUT2D eigenvalue weighted by Crippen LogP contribution is 2.12. The molecule has 0 fully saturated rings. The molecule has 2 N–H and O–H groups in total. The minimum atomic E-state index is 0.474. The molecule has 0 aliphatic rings. The van der Waals surface area contributed by atoms with Gasteiger partial charge in [0.2, 0.25) is 0 Å². The molecule has 0 unspecified atom stereocenters. The zero-order valence-corrected chi connectivity index (χ0v) is 12.8. The fraction of sp³-hybridized carbons (Fsp3) is 0.333. The van der Waals surface area contributed by atoms with Gasteiger partial charge in [-0.3, -0.25) is 4.90 Å². The van der Waals surface area contributed by atoms with E-state index in [2.05, 4.69) is 30.9 Å². The molecule has 0 amide bonds. The van der Waals surface area contributed by atoms with Crippen molar-refractivity contribution in [3.05, 3.63) is 60.2 Å². The summed E-state index contributed by atoms with van der Waals surface area (Å²) in [6.07, 6.45) is 0. The van der Waals surface area contributed by atoms with Crippen LogP contribution in [0, 0.1) is 0 Å². The van der Waals surface area contributed by atoms with Crippen molar-refractivity contribution in [2.75, 3.05) is 18.9 Å². The quantitative estimate of drug-likeness (QED) is 0.790. The number of benzene rings is 2. The lowest BCUT2D eigenvalue weighted by atomic mass is 10.1. The average molecular weight is 284 g/mol. The number of nitrogens with zero attached hydrogens (tertiary/aromatic N) is 1. The van der Waals surface area contributed by atoms with Crippen molar-refractivity contribution in [3.8, 4) is 5.75 Å². The van der Waals surface area contributed by atoms with Crippen LogP contribution in [0.1, 0.15) is 19.4 Å². The number of rotatable bonds is 7. The number of anilines is 1. The van der Waals surface area contributed by atoms with Crippen LogP contribution < -0.4 is 10.5 Å². The Morgan fingerprint density at radius 2 is 1.67 bits per heavy atom. The summed E-state index contributed by atoms with van der Waals surface area (Å²) < 4.78 is 5.78. The summed E-state index contributed by atoms with van der Waals surface area (Å²) >= 11 is 0. The Labute approximate surface area is 127 Å². The summed E-state index contributed by atoms with van der Waals surface area (Å²) in [5.41, 5.74) is 7.81. The van der Waals surface area contributed by atoms with E-state index >= 15 is 0 Å². The maximum atomic E-state index is 5.78. The Kier molecular flexibility index (Phi) is 5.64. The molecule has 3 heteroatoms. The molecule has 3 nitrogen and oxygen atoms in total. The van der Waals surface area contributed by atoms with E-state index in [0.29, 0.717) is 12.6 Å². The zero-order chi connectivity index (χ0) is 15.1. The first-order chi connectivity index (χ1) is 10.1. The monoisotopic (exact) mass is 284 g/mol. The molecule has 0 saturated heterocycles. The largest absolute Gasteiger partial charge is 0.492 e. The average Bonchev–Trinajstić information content (AvgIpc) is 2.49. The van der Waals surface area contributed by atoms with Crippen molar-refractivity contribution in [2.45, 2.75) is 26.4 Å². The van der Waals surface area contributed by atoms with E-state index in [1.807, 2.05) is 42.5 Å². The van der Waals surface area contributed by atoms with Crippen molar-refractivity contribution in [2.24, 2.45) is 0 Å². The Morgan fingerprint density at radius 3 is 2.29 bits per heavy atom. The minimum absolute atomic E-state index is 0.474. The van der Waals surface area contributed by atoms with E-state index in [-0.39, 0.29) is 0 Å². The third-order valence-corrected chi connectivity index (χ3v) is 3.49. The van der Waals surface area contributed by atoms with Crippen LogP contribution in [-0.4, -0.2) is 24.1 Å². The lowest BCUT2D eigenvalue weighted by molar-refractivity contribution is 0.169. The van der Waals surface area contributed by atoms with Gasteiger partial charge in [0.1, 0.15) is 12.4 Å². The normalized spacial score (nSPS) is 11.0. The summed E-state index contributed by atoms with van der Waals surface area (Å²) in [5.74, 6) is 0.925. The van der Waals surface area contributed by atoms with E-state index in [1.54, 1.807) is 0 Å². The van der Waals surface area contributed by atoms with Gasteiger partial charge >= 0.3 is 0 Å². The highest BCUT2D eigenvalue weighted by atomic mass is 16.5. The molecule has 21 heavy (non-hydrogen) atoms. The van der Waals surface area contributed by atoms with Crippen molar-refractivity contribution < 1.29 is 4.74 Å². The predicted octanol–water partition coefficient (Wildman–Crippen LogP) is 3.56. The van der Waals surface area contributed by atoms with Crippen LogP contribution in [0.25, 0.3) is 0 Å². The first-order valence-corrected chi connectivity index (χ1v) is 7.41. The lowest BCUT2D eigenvalue weighted by Gasteiger charge is -2.26. The third-order valence-electron chi connectivity index (χ3n) is 3.49. The molecule has 0 aromatic heterocycles. The molecule has 112 valence electrons. The fourth-order valence-electron chi connectivity index (χ4n) is 2.17. The van der Waals surface area contributed by atoms with Crippen molar-refractivity contribution in [1.29, 1.82) is 0 Å².